The first-order chi connectivity index (χ1) is 11.6. The van der Waals surface area contributed by atoms with Crippen LogP contribution in [0.2, 0.25) is 0 Å². The van der Waals surface area contributed by atoms with Gasteiger partial charge >= 0.3 is 0 Å². The molecule has 1 amide bonds. The molecule has 148 valence electrons. The highest BCUT2D eigenvalue weighted by atomic mass is 127. The van der Waals surface area contributed by atoms with Crippen LogP contribution in [0.3, 0.4) is 0 Å². The van der Waals surface area contributed by atoms with Crippen LogP contribution in [0.4, 0.5) is 0 Å². The summed E-state index contributed by atoms with van der Waals surface area (Å²) in [6.07, 6.45) is 4.51. The molecule has 0 aromatic rings. The van der Waals surface area contributed by atoms with E-state index in [1.54, 1.807) is 0 Å². The molecule has 1 atom stereocenters. The lowest BCUT2D eigenvalue weighted by Gasteiger charge is -2.21. The first-order valence-electron chi connectivity index (χ1n) is 9.65. The summed E-state index contributed by atoms with van der Waals surface area (Å²) in [6.45, 7) is 14.8. The summed E-state index contributed by atoms with van der Waals surface area (Å²) >= 11 is 0. The lowest BCUT2D eigenvalue weighted by atomic mass is 10.2. The molecule has 1 saturated heterocycles. The monoisotopic (exact) mass is 467 g/mol. The second kappa shape index (κ2) is 14.6. The van der Waals surface area contributed by atoms with Crippen LogP contribution < -0.4 is 10.6 Å². The maximum Gasteiger partial charge on any atom is 0.244 e. The van der Waals surface area contributed by atoms with Gasteiger partial charge in [-0.3, -0.25) is 4.79 Å². The molecule has 1 rings (SSSR count). The van der Waals surface area contributed by atoms with Crippen molar-refractivity contribution < 1.29 is 4.79 Å². The Hall–Kier alpha value is -0.570. The molecular formula is C18H38IN5O. The molecule has 6 nitrogen and oxygen atoms in total. The van der Waals surface area contributed by atoms with Crippen LogP contribution in [0.5, 0.6) is 0 Å². The van der Waals surface area contributed by atoms with Crippen molar-refractivity contribution in [3.05, 3.63) is 0 Å². The van der Waals surface area contributed by atoms with Crippen LogP contribution in [-0.2, 0) is 4.79 Å². The Morgan fingerprint density at radius 2 is 1.84 bits per heavy atom. The van der Waals surface area contributed by atoms with Crippen molar-refractivity contribution in [2.75, 3.05) is 45.8 Å². The Balaban J connectivity index is 0.00000576. The zero-order valence-electron chi connectivity index (χ0n) is 16.5. The number of carbonyl (C=O) groups excluding carboxylic acids is 1. The average Bonchev–Trinajstić information content (AvgIpc) is 3.11. The topological polar surface area (TPSA) is 60.0 Å². The molecule has 0 spiro atoms. The van der Waals surface area contributed by atoms with Crippen LogP contribution in [-0.4, -0.2) is 73.5 Å². The molecule has 1 unspecified atom stereocenters. The summed E-state index contributed by atoms with van der Waals surface area (Å²) in [4.78, 5) is 20.9. The molecule has 0 aromatic carbocycles. The number of aliphatic imine (C=N–C) groups is 1. The largest absolute Gasteiger partial charge is 0.357 e. The third-order valence-electron chi connectivity index (χ3n) is 4.56. The minimum absolute atomic E-state index is 0. The second-order valence-corrected chi connectivity index (χ2v) is 6.50. The number of guanidine groups is 1. The van der Waals surface area contributed by atoms with Gasteiger partial charge < -0.3 is 20.4 Å². The highest BCUT2D eigenvalue weighted by Gasteiger charge is 2.17. The molecule has 0 radical (unpaired) electrons. The summed E-state index contributed by atoms with van der Waals surface area (Å²) in [7, 11) is 0. The normalized spacial score (nSPS) is 15.9. The Kier molecular flexibility index (Phi) is 14.3. The molecule has 1 heterocycles. The van der Waals surface area contributed by atoms with Crippen molar-refractivity contribution in [3.63, 3.8) is 0 Å². The van der Waals surface area contributed by atoms with Crippen LogP contribution >= 0.6 is 24.0 Å². The standard InChI is InChI=1S/C18H37N5O.HI/c1-5-19-18(20-15-17(24)23-13-8-9-14-23)21-16(4)11-10-12-22(6-2)7-3;/h16H,5-15H2,1-4H3,(H2,19,20,21);1H. The maximum absolute atomic E-state index is 12.1. The summed E-state index contributed by atoms with van der Waals surface area (Å²) < 4.78 is 0. The molecule has 1 aliphatic heterocycles. The van der Waals surface area contributed by atoms with E-state index in [2.05, 4.69) is 41.3 Å². The van der Waals surface area contributed by atoms with Crippen LogP contribution in [0.25, 0.3) is 0 Å². The van der Waals surface area contributed by atoms with Gasteiger partial charge in [0.25, 0.3) is 0 Å². The molecule has 0 aromatic heterocycles. The number of amides is 1. The number of carbonyl (C=O) groups is 1. The number of likely N-dealkylation sites (tertiary alicyclic amines) is 1. The van der Waals surface area contributed by atoms with Crippen LogP contribution in [0, 0.1) is 0 Å². The number of hydrogen-bond donors (Lipinski definition) is 2. The molecule has 1 aliphatic rings. The van der Waals surface area contributed by atoms with Gasteiger partial charge in [0, 0.05) is 25.7 Å². The number of hydrogen-bond acceptors (Lipinski definition) is 3. The van der Waals surface area contributed by atoms with E-state index in [0.717, 1.165) is 64.5 Å². The van der Waals surface area contributed by atoms with Gasteiger partial charge in [0.1, 0.15) is 6.54 Å². The lowest BCUT2D eigenvalue weighted by molar-refractivity contribution is -0.128. The zero-order chi connectivity index (χ0) is 17.8. The minimum atomic E-state index is 0. The Bertz CT molecular complexity index is 382. The third kappa shape index (κ3) is 10.2. The fraction of sp³-hybridized carbons (Fsp3) is 0.889. The quantitative estimate of drug-likeness (QED) is 0.294. The van der Waals surface area contributed by atoms with Crippen molar-refractivity contribution >= 4 is 35.8 Å². The van der Waals surface area contributed by atoms with Gasteiger partial charge in [0.2, 0.25) is 5.91 Å². The van der Waals surface area contributed by atoms with Crippen molar-refractivity contribution in [1.29, 1.82) is 0 Å². The van der Waals surface area contributed by atoms with Gasteiger partial charge in [-0.25, -0.2) is 4.99 Å². The Morgan fingerprint density at radius 1 is 1.20 bits per heavy atom. The Labute approximate surface area is 171 Å². The van der Waals surface area contributed by atoms with Gasteiger partial charge in [-0.05, 0) is 59.2 Å². The molecular weight excluding hydrogens is 429 g/mol. The fourth-order valence-corrected chi connectivity index (χ4v) is 3.00. The van der Waals surface area contributed by atoms with Crippen molar-refractivity contribution in [2.24, 2.45) is 4.99 Å². The smallest absolute Gasteiger partial charge is 0.244 e. The second-order valence-electron chi connectivity index (χ2n) is 6.50. The number of nitrogens with zero attached hydrogens (tertiary/aromatic N) is 3. The Morgan fingerprint density at radius 3 is 2.40 bits per heavy atom. The number of halogens is 1. The summed E-state index contributed by atoms with van der Waals surface area (Å²) in [5.41, 5.74) is 0. The van der Waals surface area contributed by atoms with Gasteiger partial charge in [0.15, 0.2) is 5.96 Å². The van der Waals surface area contributed by atoms with Crippen LogP contribution in [0.15, 0.2) is 4.99 Å². The molecule has 25 heavy (non-hydrogen) atoms. The third-order valence-corrected chi connectivity index (χ3v) is 4.56. The summed E-state index contributed by atoms with van der Waals surface area (Å²) in [5, 5.41) is 6.66. The average molecular weight is 467 g/mol. The van der Waals surface area contributed by atoms with Crippen molar-refractivity contribution in [3.8, 4) is 0 Å². The zero-order valence-corrected chi connectivity index (χ0v) is 18.8. The summed E-state index contributed by atoms with van der Waals surface area (Å²) in [6, 6.07) is 0.347. The number of rotatable bonds is 10. The number of nitrogens with one attached hydrogen (secondary N) is 2. The lowest BCUT2D eigenvalue weighted by Crippen LogP contribution is -2.43. The van der Waals surface area contributed by atoms with E-state index in [1.807, 2.05) is 11.8 Å². The van der Waals surface area contributed by atoms with Crippen molar-refractivity contribution in [2.45, 2.75) is 59.4 Å². The van der Waals surface area contributed by atoms with E-state index >= 15 is 0 Å². The molecule has 0 aliphatic carbocycles. The maximum atomic E-state index is 12.1. The molecule has 7 heteroatoms. The SMILES string of the molecule is CCNC(=NCC(=O)N1CCCC1)NC(C)CCCN(CC)CC.I. The predicted octanol–water partition coefficient (Wildman–Crippen LogP) is 2.29. The molecule has 1 fully saturated rings. The molecule has 2 N–H and O–H groups in total. The minimum Gasteiger partial charge on any atom is -0.357 e. The van der Waals surface area contributed by atoms with E-state index in [-0.39, 0.29) is 36.4 Å². The first-order valence-corrected chi connectivity index (χ1v) is 9.65. The van der Waals surface area contributed by atoms with E-state index in [0.29, 0.717) is 6.04 Å². The van der Waals surface area contributed by atoms with E-state index in [1.165, 1.54) is 6.42 Å². The molecule has 0 bridgehead atoms. The van der Waals surface area contributed by atoms with Crippen molar-refractivity contribution in [1.82, 2.24) is 20.4 Å². The highest BCUT2D eigenvalue weighted by Crippen LogP contribution is 2.07. The summed E-state index contributed by atoms with van der Waals surface area (Å²) in [5.74, 6) is 0.888. The van der Waals surface area contributed by atoms with E-state index < -0.39 is 0 Å². The van der Waals surface area contributed by atoms with Gasteiger partial charge in [-0.1, -0.05) is 13.8 Å². The van der Waals surface area contributed by atoms with Crippen LogP contribution in [0.1, 0.15) is 53.4 Å². The highest BCUT2D eigenvalue weighted by molar-refractivity contribution is 14.0. The van der Waals surface area contributed by atoms with E-state index in [4.69, 9.17) is 0 Å². The first kappa shape index (κ1) is 24.4. The molecule has 0 saturated carbocycles. The van der Waals surface area contributed by atoms with Gasteiger partial charge in [-0.2, -0.15) is 0 Å². The van der Waals surface area contributed by atoms with Gasteiger partial charge in [0.05, 0.1) is 0 Å². The van der Waals surface area contributed by atoms with Gasteiger partial charge in [-0.15, -0.1) is 24.0 Å². The fourth-order valence-electron chi connectivity index (χ4n) is 3.00. The van der Waals surface area contributed by atoms with E-state index in [9.17, 15) is 4.79 Å². The predicted molar refractivity (Wildman–Crippen MR) is 117 cm³/mol.